The maximum Gasteiger partial charge on any atom is 0.319 e. The molecule has 1 atom stereocenters. The van der Waals surface area contributed by atoms with E-state index in [2.05, 4.69) is 26.5 Å². The first-order valence-electron chi connectivity index (χ1n) is 9.45. The molecule has 2 bridgehead atoms. The number of aromatic nitrogens is 5. The van der Waals surface area contributed by atoms with Gasteiger partial charge in [0, 0.05) is 18.0 Å². The van der Waals surface area contributed by atoms with Crippen LogP contribution in [0.25, 0.3) is 34.2 Å². The molecule has 0 amide bonds. The summed E-state index contributed by atoms with van der Waals surface area (Å²) in [5, 5.41) is 26.1. The minimum absolute atomic E-state index is 0.266. The summed E-state index contributed by atoms with van der Waals surface area (Å²) in [6.07, 6.45) is 5.14. The van der Waals surface area contributed by atoms with E-state index in [1.165, 1.54) is 0 Å². The molecule has 0 saturated carbocycles. The van der Waals surface area contributed by atoms with Crippen LogP contribution in [0.15, 0.2) is 28.9 Å². The Labute approximate surface area is 171 Å². The molecule has 1 aliphatic rings. The van der Waals surface area contributed by atoms with Gasteiger partial charge in [0.1, 0.15) is 12.2 Å². The average Bonchev–Trinajstić information content (AvgIpc) is 3.43. The van der Waals surface area contributed by atoms with Gasteiger partial charge in [-0.05, 0) is 36.8 Å². The molecule has 30 heavy (non-hydrogen) atoms. The van der Waals surface area contributed by atoms with E-state index in [1.807, 2.05) is 37.3 Å². The van der Waals surface area contributed by atoms with Gasteiger partial charge in [-0.25, -0.2) is 0 Å². The highest BCUT2D eigenvalue weighted by Crippen LogP contribution is 2.33. The zero-order chi connectivity index (χ0) is 20.7. The molecule has 4 aromatic rings. The fourth-order valence-corrected chi connectivity index (χ4v) is 3.54. The molecule has 9 nitrogen and oxygen atoms in total. The number of nitrogens with one attached hydrogen (secondary N) is 1. The number of benzene rings is 1. The average molecular weight is 402 g/mol. The number of nitrogens with zero attached hydrogens (tertiary/aromatic N) is 5. The summed E-state index contributed by atoms with van der Waals surface area (Å²) in [6.45, 7) is 2.51. The quantitative estimate of drug-likeness (QED) is 0.480. The van der Waals surface area contributed by atoms with E-state index in [1.54, 1.807) is 17.9 Å². The van der Waals surface area contributed by atoms with Gasteiger partial charge in [-0.1, -0.05) is 11.2 Å². The topological polar surface area (TPSA) is 115 Å². The molecule has 0 spiro atoms. The number of aryl methyl sites for hydroxylation is 1. The molecule has 0 radical (unpaired) electrons. The van der Waals surface area contributed by atoms with Crippen LogP contribution in [0, 0.1) is 11.3 Å². The van der Waals surface area contributed by atoms with Gasteiger partial charge in [-0.15, -0.1) is 0 Å². The van der Waals surface area contributed by atoms with E-state index in [0.29, 0.717) is 18.2 Å². The molecular formula is C21H18N6O3. The molecule has 1 aliphatic heterocycles. The molecule has 0 fully saturated rings. The van der Waals surface area contributed by atoms with Crippen LogP contribution in [0.2, 0.25) is 0 Å². The van der Waals surface area contributed by atoms with Crippen LogP contribution >= 0.6 is 0 Å². The summed E-state index contributed by atoms with van der Waals surface area (Å²) in [6, 6.07) is 8.03. The van der Waals surface area contributed by atoms with Crippen molar-refractivity contribution in [3.8, 4) is 23.1 Å². The lowest BCUT2D eigenvalue weighted by atomic mass is 10.1. The van der Waals surface area contributed by atoms with Gasteiger partial charge >= 0.3 is 5.95 Å². The normalized spacial score (nSPS) is 17.4. The number of rotatable bonds is 0. The summed E-state index contributed by atoms with van der Waals surface area (Å²) in [5.74, 6) is 0.342. The van der Waals surface area contributed by atoms with Crippen LogP contribution in [0.1, 0.15) is 29.6 Å². The summed E-state index contributed by atoms with van der Waals surface area (Å²) >= 11 is 0. The molecule has 0 unspecified atom stereocenters. The molecule has 9 heteroatoms. The van der Waals surface area contributed by atoms with Gasteiger partial charge in [-0.3, -0.25) is 9.78 Å². The van der Waals surface area contributed by atoms with Crippen LogP contribution < -0.4 is 4.74 Å². The number of aromatic amines is 1. The molecule has 1 aromatic carbocycles. The minimum atomic E-state index is -0.266. The number of H-pyrrole nitrogens is 1. The Morgan fingerprint density at radius 1 is 1.30 bits per heavy atom. The molecular weight excluding hydrogens is 384 g/mol. The van der Waals surface area contributed by atoms with E-state index in [9.17, 15) is 5.26 Å². The third-order valence-electron chi connectivity index (χ3n) is 5.06. The Bertz CT molecular complexity index is 1310. The number of fused-ring (bicyclic) bond motifs is 4. The fourth-order valence-electron chi connectivity index (χ4n) is 3.54. The highest BCUT2D eigenvalue weighted by atomic mass is 16.6. The van der Waals surface area contributed by atoms with Gasteiger partial charge in [0.2, 0.25) is 0 Å². The second kappa shape index (κ2) is 7.17. The van der Waals surface area contributed by atoms with Crippen molar-refractivity contribution >= 4 is 23.1 Å². The van der Waals surface area contributed by atoms with Gasteiger partial charge in [0.15, 0.2) is 5.69 Å². The SMILES string of the molecule is C[C@H]1COCc2c(c(C#N)nn2C)/C=C/c2[nH]nc3ccc(cc23)-c2cnoc2O1. The van der Waals surface area contributed by atoms with Gasteiger partial charge in [-0.2, -0.15) is 15.5 Å². The van der Waals surface area contributed by atoms with Crippen LogP contribution in [-0.4, -0.2) is 37.8 Å². The van der Waals surface area contributed by atoms with Gasteiger partial charge < -0.3 is 14.0 Å². The zero-order valence-corrected chi connectivity index (χ0v) is 16.4. The zero-order valence-electron chi connectivity index (χ0n) is 16.4. The number of nitriles is 1. The monoisotopic (exact) mass is 402 g/mol. The van der Waals surface area contributed by atoms with Gasteiger partial charge in [0.25, 0.3) is 0 Å². The van der Waals surface area contributed by atoms with Crippen LogP contribution in [-0.2, 0) is 18.4 Å². The highest BCUT2D eigenvalue weighted by molar-refractivity contribution is 5.93. The van der Waals surface area contributed by atoms with Crippen molar-refractivity contribution in [2.24, 2.45) is 7.05 Å². The smallest absolute Gasteiger partial charge is 0.319 e. The first-order valence-corrected chi connectivity index (χ1v) is 9.45. The first kappa shape index (κ1) is 18.1. The third kappa shape index (κ3) is 3.03. The van der Waals surface area contributed by atoms with Crippen molar-refractivity contribution < 1.29 is 14.0 Å². The van der Waals surface area contributed by atoms with E-state index >= 15 is 0 Å². The molecule has 1 N–H and O–H groups in total. The Hall–Kier alpha value is -3.90. The lowest BCUT2D eigenvalue weighted by Gasteiger charge is -2.14. The first-order chi connectivity index (χ1) is 14.6. The standard InChI is InChI=1S/C21H18N6O3/c1-12-10-28-11-20-14(19(8-22)26-27(20)2)4-6-18-15-7-13(3-5-17(15)24-25-18)16-9-23-30-21(16)29-12/h3-7,9,12H,10-11H2,1-2H3,(H,24,25)/b6-4+/t12-/m0/s1. The second-order valence-corrected chi connectivity index (χ2v) is 7.12. The van der Waals surface area contributed by atoms with Crippen molar-refractivity contribution in [1.29, 1.82) is 5.26 Å². The molecule has 5 rings (SSSR count). The lowest BCUT2D eigenvalue weighted by molar-refractivity contribution is 0.0333. The minimum Gasteiger partial charge on any atom is -0.458 e. The third-order valence-corrected chi connectivity index (χ3v) is 5.06. The van der Waals surface area contributed by atoms with Crippen molar-refractivity contribution in [1.82, 2.24) is 25.1 Å². The highest BCUT2D eigenvalue weighted by Gasteiger charge is 2.19. The van der Waals surface area contributed by atoms with E-state index in [0.717, 1.165) is 39.0 Å². The Morgan fingerprint density at radius 2 is 2.20 bits per heavy atom. The second-order valence-electron chi connectivity index (χ2n) is 7.12. The predicted molar refractivity (Wildman–Crippen MR) is 108 cm³/mol. The fraction of sp³-hybridized carbons (Fsp3) is 0.238. The van der Waals surface area contributed by atoms with Gasteiger partial charge in [0.05, 0.1) is 41.9 Å². The van der Waals surface area contributed by atoms with Crippen molar-refractivity contribution in [2.75, 3.05) is 6.61 Å². The van der Waals surface area contributed by atoms with E-state index in [4.69, 9.17) is 14.0 Å². The van der Waals surface area contributed by atoms with E-state index in [-0.39, 0.29) is 12.7 Å². The molecule has 0 aliphatic carbocycles. The maximum atomic E-state index is 9.50. The van der Waals surface area contributed by atoms with E-state index < -0.39 is 0 Å². The molecule has 0 saturated heterocycles. The Kier molecular flexibility index (Phi) is 4.34. The maximum absolute atomic E-state index is 9.50. The van der Waals surface area contributed by atoms with Crippen molar-refractivity contribution in [3.63, 3.8) is 0 Å². The number of hydrogen-bond donors (Lipinski definition) is 1. The van der Waals surface area contributed by atoms with Crippen LogP contribution in [0.3, 0.4) is 0 Å². The lowest BCUT2D eigenvalue weighted by Crippen LogP contribution is -2.19. The van der Waals surface area contributed by atoms with Crippen molar-refractivity contribution in [2.45, 2.75) is 19.6 Å². The summed E-state index contributed by atoms with van der Waals surface area (Å²) < 4.78 is 18.8. The number of ether oxygens (including phenoxy) is 2. The van der Waals surface area contributed by atoms with Crippen LogP contribution in [0.4, 0.5) is 0 Å². The Balaban J connectivity index is 1.68. The van der Waals surface area contributed by atoms with Crippen LogP contribution in [0.5, 0.6) is 5.95 Å². The summed E-state index contributed by atoms with van der Waals surface area (Å²) in [5.41, 5.74) is 5.16. The molecule has 3 aromatic heterocycles. The Morgan fingerprint density at radius 3 is 3.07 bits per heavy atom. The van der Waals surface area contributed by atoms with Crippen molar-refractivity contribution in [3.05, 3.63) is 47.0 Å². The largest absolute Gasteiger partial charge is 0.458 e. The predicted octanol–water partition coefficient (Wildman–Crippen LogP) is 3.29. The molecule has 150 valence electrons. The summed E-state index contributed by atoms with van der Waals surface area (Å²) in [7, 11) is 1.80. The summed E-state index contributed by atoms with van der Waals surface area (Å²) in [4.78, 5) is 0. The molecule has 4 heterocycles. The number of hydrogen-bond acceptors (Lipinski definition) is 7.